The average molecular weight is 472 g/mol. The minimum absolute atomic E-state index is 0.00904. The smallest absolute Gasteiger partial charge is 0.344 e. The van der Waals surface area contributed by atoms with Gasteiger partial charge in [0.25, 0.3) is 0 Å². The predicted octanol–water partition coefficient (Wildman–Crippen LogP) is 4.94. The van der Waals surface area contributed by atoms with Crippen molar-refractivity contribution in [3.05, 3.63) is 104 Å². The summed E-state index contributed by atoms with van der Waals surface area (Å²) >= 11 is 0. The highest BCUT2D eigenvalue weighted by molar-refractivity contribution is 5.86. The number of rotatable bonds is 3. The van der Waals surface area contributed by atoms with Gasteiger partial charge in [0.1, 0.15) is 22.8 Å². The van der Waals surface area contributed by atoms with Crippen LogP contribution in [0.25, 0.3) is 16.7 Å². The molecule has 0 amide bonds. The SMILES string of the molecule is Cc1cc2c(cc1C)C(O)=C(C(c1ccccn1)c1c(O)c3cc(C)c(C)cc3oc1=O)C(O)O2. The molecule has 7 heteroatoms. The summed E-state index contributed by atoms with van der Waals surface area (Å²) in [5.41, 5.74) is 3.68. The fourth-order valence-corrected chi connectivity index (χ4v) is 4.53. The van der Waals surface area contributed by atoms with Crippen molar-refractivity contribution in [2.24, 2.45) is 0 Å². The minimum Gasteiger partial charge on any atom is -0.507 e. The number of aliphatic hydroxyl groups is 2. The molecular weight excluding hydrogens is 446 g/mol. The zero-order valence-electron chi connectivity index (χ0n) is 19.8. The highest BCUT2D eigenvalue weighted by Gasteiger charge is 2.39. The summed E-state index contributed by atoms with van der Waals surface area (Å²) < 4.78 is 11.4. The van der Waals surface area contributed by atoms with Crippen LogP contribution in [0, 0.1) is 27.7 Å². The van der Waals surface area contributed by atoms with Crippen LogP contribution in [0.4, 0.5) is 0 Å². The number of hydrogen-bond acceptors (Lipinski definition) is 7. The van der Waals surface area contributed by atoms with Crippen LogP contribution in [0.15, 0.2) is 63.4 Å². The zero-order valence-corrected chi connectivity index (χ0v) is 19.8. The van der Waals surface area contributed by atoms with E-state index in [0.717, 1.165) is 22.3 Å². The van der Waals surface area contributed by atoms with Crippen molar-refractivity contribution in [3.8, 4) is 11.5 Å². The van der Waals surface area contributed by atoms with E-state index in [1.807, 2.05) is 27.7 Å². The molecule has 2 aromatic heterocycles. The molecule has 0 radical (unpaired) electrons. The monoisotopic (exact) mass is 471 g/mol. The number of aliphatic hydroxyl groups excluding tert-OH is 2. The topological polar surface area (TPSA) is 113 Å². The maximum absolute atomic E-state index is 13.3. The largest absolute Gasteiger partial charge is 0.507 e. The molecule has 3 heterocycles. The molecule has 178 valence electrons. The lowest BCUT2D eigenvalue weighted by Gasteiger charge is -2.30. The Balaban J connectivity index is 1.84. The van der Waals surface area contributed by atoms with Gasteiger partial charge in [0.2, 0.25) is 6.29 Å². The van der Waals surface area contributed by atoms with Crippen molar-refractivity contribution < 1.29 is 24.5 Å². The molecule has 1 aliphatic rings. The Bertz CT molecular complexity index is 1570. The number of nitrogens with zero attached hydrogens (tertiary/aromatic N) is 1. The maximum atomic E-state index is 13.3. The van der Waals surface area contributed by atoms with Crippen LogP contribution in [0.3, 0.4) is 0 Å². The molecule has 2 aromatic carbocycles. The summed E-state index contributed by atoms with van der Waals surface area (Å²) in [6.45, 7) is 7.58. The van der Waals surface area contributed by atoms with Gasteiger partial charge in [0, 0.05) is 6.20 Å². The van der Waals surface area contributed by atoms with E-state index in [4.69, 9.17) is 9.15 Å². The van der Waals surface area contributed by atoms with E-state index in [0.29, 0.717) is 22.4 Å². The molecular formula is C28H25NO6. The van der Waals surface area contributed by atoms with Gasteiger partial charge in [0.05, 0.1) is 33.7 Å². The Morgan fingerprint density at radius 3 is 2.34 bits per heavy atom. The van der Waals surface area contributed by atoms with Gasteiger partial charge in [-0.2, -0.15) is 0 Å². The molecule has 7 nitrogen and oxygen atoms in total. The van der Waals surface area contributed by atoms with Gasteiger partial charge in [-0.1, -0.05) is 6.07 Å². The summed E-state index contributed by atoms with van der Waals surface area (Å²) in [5, 5.41) is 34.1. The number of fused-ring (bicyclic) bond motifs is 2. The Hall–Kier alpha value is -4.10. The van der Waals surface area contributed by atoms with Gasteiger partial charge >= 0.3 is 5.63 Å². The minimum atomic E-state index is -1.59. The molecule has 3 N–H and O–H groups in total. The lowest BCUT2D eigenvalue weighted by atomic mass is 9.83. The predicted molar refractivity (Wildman–Crippen MR) is 132 cm³/mol. The zero-order chi connectivity index (χ0) is 25.0. The first-order valence-corrected chi connectivity index (χ1v) is 11.2. The number of aromatic hydroxyl groups is 1. The molecule has 0 aliphatic carbocycles. The van der Waals surface area contributed by atoms with Crippen LogP contribution < -0.4 is 10.4 Å². The van der Waals surface area contributed by atoms with Crippen molar-refractivity contribution >= 4 is 16.7 Å². The van der Waals surface area contributed by atoms with Crippen molar-refractivity contribution in [3.63, 3.8) is 0 Å². The number of benzene rings is 2. The van der Waals surface area contributed by atoms with Gasteiger partial charge in [0.15, 0.2) is 0 Å². The Morgan fingerprint density at radius 1 is 0.943 bits per heavy atom. The van der Waals surface area contributed by atoms with Gasteiger partial charge in [-0.15, -0.1) is 0 Å². The number of aryl methyl sites for hydroxylation is 4. The first-order chi connectivity index (χ1) is 16.7. The Labute approximate surface area is 201 Å². The highest BCUT2D eigenvalue weighted by Crippen LogP contribution is 2.45. The van der Waals surface area contributed by atoms with E-state index in [9.17, 15) is 20.1 Å². The van der Waals surface area contributed by atoms with Crippen LogP contribution in [-0.2, 0) is 0 Å². The van der Waals surface area contributed by atoms with Crippen LogP contribution in [0.5, 0.6) is 11.5 Å². The van der Waals surface area contributed by atoms with Crippen LogP contribution >= 0.6 is 0 Å². The Morgan fingerprint density at radius 2 is 1.63 bits per heavy atom. The molecule has 1 aliphatic heterocycles. The van der Waals surface area contributed by atoms with Gasteiger partial charge in [-0.3, -0.25) is 4.98 Å². The van der Waals surface area contributed by atoms with E-state index in [2.05, 4.69) is 4.98 Å². The Kier molecular flexibility index (Phi) is 5.37. The number of pyridine rings is 1. The van der Waals surface area contributed by atoms with Crippen LogP contribution in [0.1, 0.15) is 45.0 Å². The van der Waals surface area contributed by atoms with E-state index in [-0.39, 0.29) is 28.2 Å². The highest BCUT2D eigenvalue weighted by atomic mass is 16.6. The van der Waals surface area contributed by atoms with Gasteiger partial charge < -0.3 is 24.5 Å². The van der Waals surface area contributed by atoms with Crippen LogP contribution in [0.2, 0.25) is 0 Å². The summed E-state index contributed by atoms with van der Waals surface area (Å²) in [4.78, 5) is 17.7. The normalized spacial score (nSPS) is 16.2. The van der Waals surface area contributed by atoms with E-state index >= 15 is 0 Å². The molecule has 4 aromatic rings. The first-order valence-electron chi connectivity index (χ1n) is 11.2. The summed E-state index contributed by atoms with van der Waals surface area (Å²) in [7, 11) is 0. The number of ether oxygens (including phenoxy) is 1. The van der Waals surface area contributed by atoms with E-state index < -0.39 is 17.8 Å². The second-order valence-electron chi connectivity index (χ2n) is 8.98. The standard InChI is InChI=1S/C28H25NO6/c1-13-9-17-20(11-15(13)3)34-27(32)23(25(17)30)22(19-7-5-6-8-29-19)24-26(31)18-10-14(2)16(4)12-21(18)35-28(24)33/h5-12,22,27,30-32H,1-4H3. The van der Waals surface area contributed by atoms with Crippen LogP contribution in [-0.4, -0.2) is 26.6 Å². The van der Waals surface area contributed by atoms with Gasteiger partial charge in [-0.25, -0.2) is 4.79 Å². The number of aromatic nitrogens is 1. The maximum Gasteiger partial charge on any atom is 0.344 e. The van der Waals surface area contributed by atoms with Crippen molar-refractivity contribution in [2.45, 2.75) is 39.9 Å². The van der Waals surface area contributed by atoms with Crippen molar-refractivity contribution in [1.29, 1.82) is 0 Å². The van der Waals surface area contributed by atoms with Gasteiger partial charge in [-0.05, 0) is 86.3 Å². The third-order valence-corrected chi connectivity index (χ3v) is 6.74. The summed E-state index contributed by atoms with van der Waals surface area (Å²) in [5.74, 6) is -1.35. The third kappa shape index (κ3) is 3.65. The summed E-state index contributed by atoms with van der Waals surface area (Å²) in [6, 6.07) is 12.0. The molecule has 2 unspecified atom stereocenters. The molecule has 0 spiro atoms. The van der Waals surface area contributed by atoms with E-state index in [1.54, 1.807) is 42.5 Å². The molecule has 0 fully saturated rings. The molecule has 0 saturated heterocycles. The number of hydrogen-bond donors (Lipinski definition) is 3. The first kappa shape index (κ1) is 22.7. The van der Waals surface area contributed by atoms with E-state index in [1.165, 1.54) is 6.20 Å². The summed E-state index contributed by atoms with van der Waals surface area (Å²) in [6.07, 6.45) is -0.0594. The molecule has 35 heavy (non-hydrogen) atoms. The molecule has 2 atom stereocenters. The fraction of sp³-hybridized carbons (Fsp3) is 0.214. The fourth-order valence-electron chi connectivity index (χ4n) is 4.53. The molecule has 0 saturated carbocycles. The molecule has 0 bridgehead atoms. The second-order valence-corrected chi connectivity index (χ2v) is 8.98. The third-order valence-electron chi connectivity index (χ3n) is 6.74. The average Bonchev–Trinajstić information content (AvgIpc) is 2.81. The lowest BCUT2D eigenvalue weighted by Crippen LogP contribution is -2.31. The lowest BCUT2D eigenvalue weighted by molar-refractivity contribution is 0.00622. The quantitative estimate of drug-likeness (QED) is 0.363. The second kappa shape index (κ2) is 8.29. The van der Waals surface area contributed by atoms with Crippen molar-refractivity contribution in [1.82, 2.24) is 4.98 Å². The van der Waals surface area contributed by atoms with Crippen molar-refractivity contribution in [2.75, 3.05) is 0 Å². The molecule has 5 rings (SSSR count).